The van der Waals surface area contributed by atoms with Crippen LogP contribution in [0.4, 0.5) is 21.5 Å². The topological polar surface area (TPSA) is 110 Å². The number of carbonyl (C=O) groups excluding carboxylic acids is 3. The number of hydrogen-bond acceptors (Lipinski definition) is 7. The molecule has 2 amide bonds. The fourth-order valence-corrected chi connectivity index (χ4v) is 5.36. The molecule has 1 aliphatic heterocycles. The Bertz CT molecular complexity index is 1660. The zero-order valence-electron chi connectivity index (χ0n) is 23.6. The van der Waals surface area contributed by atoms with Gasteiger partial charge in [-0.15, -0.1) is 0 Å². The van der Waals surface area contributed by atoms with Crippen molar-refractivity contribution in [3.8, 4) is 17.2 Å². The minimum absolute atomic E-state index is 0.0997. The summed E-state index contributed by atoms with van der Waals surface area (Å²) in [6.45, 7) is 1.54. The molecule has 43 heavy (non-hydrogen) atoms. The molecule has 1 aliphatic carbocycles. The Morgan fingerprint density at radius 1 is 0.930 bits per heavy atom. The fourth-order valence-electron chi connectivity index (χ4n) is 5.36. The predicted molar refractivity (Wildman–Crippen MR) is 161 cm³/mol. The molecule has 9 nitrogen and oxygen atoms in total. The molecule has 220 valence electrons. The number of aromatic nitrogens is 1. The fraction of sp³-hybridized carbons (Fsp3) is 0.273. The van der Waals surface area contributed by atoms with Crippen molar-refractivity contribution in [2.24, 2.45) is 11.3 Å². The molecule has 0 radical (unpaired) electrons. The van der Waals surface area contributed by atoms with Gasteiger partial charge >= 0.3 is 0 Å². The van der Waals surface area contributed by atoms with E-state index < -0.39 is 17.1 Å². The number of fused-ring (bicyclic) bond motifs is 1. The second-order valence-electron chi connectivity index (χ2n) is 10.9. The number of aldehydes is 1. The lowest BCUT2D eigenvalue weighted by Crippen LogP contribution is -2.35. The van der Waals surface area contributed by atoms with Crippen LogP contribution in [0.5, 0.6) is 17.2 Å². The second kappa shape index (κ2) is 11.7. The van der Waals surface area contributed by atoms with Gasteiger partial charge in [0.15, 0.2) is 0 Å². The van der Waals surface area contributed by atoms with Crippen LogP contribution in [-0.2, 0) is 14.4 Å². The molecule has 1 saturated carbocycles. The highest BCUT2D eigenvalue weighted by atomic mass is 19.1. The number of piperidine rings is 1. The summed E-state index contributed by atoms with van der Waals surface area (Å²) in [5.74, 6) is 0.747. The Hall–Kier alpha value is -4.99. The second-order valence-corrected chi connectivity index (χ2v) is 10.9. The molecule has 1 saturated heterocycles. The largest absolute Gasteiger partial charge is 0.495 e. The summed E-state index contributed by atoms with van der Waals surface area (Å²) in [5, 5.41) is 6.33. The summed E-state index contributed by atoms with van der Waals surface area (Å²) in [6, 6.07) is 18.0. The van der Waals surface area contributed by atoms with Gasteiger partial charge in [0, 0.05) is 42.0 Å². The van der Waals surface area contributed by atoms with Gasteiger partial charge in [0.05, 0.1) is 18.3 Å². The summed E-state index contributed by atoms with van der Waals surface area (Å²) in [6.07, 6.45) is 5.21. The number of hydrogen-bond donors (Lipinski definition) is 2. The van der Waals surface area contributed by atoms with Gasteiger partial charge in [-0.1, -0.05) is 0 Å². The van der Waals surface area contributed by atoms with Gasteiger partial charge in [-0.2, -0.15) is 0 Å². The Morgan fingerprint density at radius 2 is 1.56 bits per heavy atom. The normalized spacial score (nSPS) is 15.9. The molecule has 6 rings (SSSR count). The molecule has 2 N–H and O–H groups in total. The first-order valence-electron chi connectivity index (χ1n) is 14.2. The smallest absolute Gasteiger partial charge is 0.240 e. The van der Waals surface area contributed by atoms with Crippen molar-refractivity contribution in [2.75, 3.05) is 35.7 Å². The van der Waals surface area contributed by atoms with E-state index in [2.05, 4.69) is 20.5 Å². The first kappa shape index (κ1) is 28.1. The number of nitrogens with one attached hydrogen (secondary N) is 2. The van der Waals surface area contributed by atoms with E-state index in [1.54, 1.807) is 43.6 Å². The van der Waals surface area contributed by atoms with E-state index in [0.29, 0.717) is 41.5 Å². The number of amides is 2. The first-order chi connectivity index (χ1) is 20.9. The van der Waals surface area contributed by atoms with Gasteiger partial charge in [0.1, 0.15) is 34.8 Å². The predicted octanol–water partition coefficient (Wildman–Crippen LogP) is 5.95. The Balaban J connectivity index is 1.13. The van der Waals surface area contributed by atoms with Gasteiger partial charge in [-0.05, 0) is 92.4 Å². The zero-order valence-corrected chi connectivity index (χ0v) is 23.6. The Morgan fingerprint density at radius 3 is 2.14 bits per heavy atom. The summed E-state index contributed by atoms with van der Waals surface area (Å²) < 4.78 is 25.1. The highest BCUT2D eigenvalue weighted by Crippen LogP contribution is 2.47. The van der Waals surface area contributed by atoms with Crippen molar-refractivity contribution in [3.05, 3.63) is 78.7 Å². The number of rotatable bonds is 9. The molecule has 10 heteroatoms. The van der Waals surface area contributed by atoms with E-state index in [9.17, 15) is 18.8 Å². The number of halogens is 1. The average Bonchev–Trinajstić information content (AvgIpc) is 3.85. The van der Waals surface area contributed by atoms with Gasteiger partial charge in [-0.3, -0.25) is 14.6 Å². The van der Waals surface area contributed by atoms with Crippen LogP contribution in [0.1, 0.15) is 25.7 Å². The molecule has 0 atom stereocenters. The quantitative estimate of drug-likeness (QED) is 0.185. The maximum atomic E-state index is 13.2. The first-order valence-corrected chi connectivity index (χ1v) is 14.2. The van der Waals surface area contributed by atoms with E-state index >= 15 is 0 Å². The number of pyridine rings is 1. The molecular weight excluding hydrogens is 551 g/mol. The van der Waals surface area contributed by atoms with Crippen LogP contribution in [-0.4, -0.2) is 43.3 Å². The van der Waals surface area contributed by atoms with E-state index in [0.717, 1.165) is 48.8 Å². The third-order valence-corrected chi connectivity index (χ3v) is 8.14. The highest BCUT2D eigenvalue weighted by Gasteiger charge is 2.56. The molecular formula is C33H31FN4O5. The lowest BCUT2D eigenvalue weighted by molar-refractivity contribution is -0.131. The lowest BCUT2D eigenvalue weighted by Gasteiger charge is -2.32. The number of carbonyl (C=O) groups is 3. The van der Waals surface area contributed by atoms with Crippen LogP contribution in [0.2, 0.25) is 0 Å². The SMILES string of the molecule is COc1cc2c(Oc3ccc(NC(=O)C4(C(=O)Nc5ccc(F)cc5)CC4)cc3)ccnc2cc1N1CCC(C=O)CC1. The van der Waals surface area contributed by atoms with Crippen molar-refractivity contribution in [1.29, 1.82) is 0 Å². The zero-order chi connectivity index (χ0) is 30.0. The Labute approximate surface area is 248 Å². The molecule has 0 bridgehead atoms. The van der Waals surface area contributed by atoms with Gasteiger partial charge in [-0.25, -0.2) is 4.39 Å². The van der Waals surface area contributed by atoms with Crippen molar-refractivity contribution < 1.29 is 28.2 Å². The molecule has 3 aromatic carbocycles. The summed E-state index contributed by atoms with van der Waals surface area (Å²) in [5.41, 5.74) is 1.50. The molecule has 4 aromatic rings. The van der Waals surface area contributed by atoms with Crippen LogP contribution in [0.15, 0.2) is 72.9 Å². The maximum absolute atomic E-state index is 13.2. The molecule has 2 fully saturated rings. The average molecular weight is 583 g/mol. The molecule has 0 unspecified atom stereocenters. The van der Waals surface area contributed by atoms with Crippen molar-refractivity contribution in [3.63, 3.8) is 0 Å². The summed E-state index contributed by atoms with van der Waals surface area (Å²) >= 11 is 0. The molecule has 1 aromatic heterocycles. The van der Waals surface area contributed by atoms with Crippen LogP contribution < -0.4 is 25.0 Å². The van der Waals surface area contributed by atoms with E-state index in [-0.39, 0.29) is 11.8 Å². The minimum Gasteiger partial charge on any atom is -0.495 e. The van der Waals surface area contributed by atoms with Crippen LogP contribution >= 0.6 is 0 Å². The third-order valence-electron chi connectivity index (χ3n) is 8.14. The number of benzene rings is 3. The van der Waals surface area contributed by atoms with Gasteiger partial charge in [0.2, 0.25) is 11.8 Å². The summed E-state index contributed by atoms with van der Waals surface area (Å²) in [7, 11) is 1.63. The maximum Gasteiger partial charge on any atom is 0.240 e. The van der Waals surface area contributed by atoms with Crippen LogP contribution in [0.3, 0.4) is 0 Å². The number of ether oxygens (including phenoxy) is 2. The third kappa shape index (κ3) is 5.86. The standard InChI is InChI=1S/C33H31FN4O5/c1-42-30-18-26-27(19-28(30)38-16-11-21(20-39)12-17-38)35-15-10-29(26)43-25-8-6-24(7-9-25)37-32(41)33(13-14-33)31(40)36-23-4-2-22(34)3-5-23/h2-10,15,18-21H,11-14,16-17H2,1H3,(H,36,40)(H,37,41). The monoisotopic (exact) mass is 582 g/mol. The van der Waals surface area contributed by atoms with Crippen molar-refractivity contribution in [2.45, 2.75) is 25.7 Å². The van der Waals surface area contributed by atoms with Gasteiger partial charge in [0.25, 0.3) is 0 Å². The van der Waals surface area contributed by atoms with E-state index in [4.69, 9.17) is 9.47 Å². The molecule has 2 aliphatic rings. The highest BCUT2D eigenvalue weighted by molar-refractivity contribution is 6.16. The molecule has 0 spiro atoms. The minimum atomic E-state index is -1.15. The lowest BCUT2D eigenvalue weighted by atomic mass is 9.98. The summed E-state index contributed by atoms with van der Waals surface area (Å²) in [4.78, 5) is 43.8. The van der Waals surface area contributed by atoms with E-state index in [1.165, 1.54) is 24.3 Å². The molecule has 2 heterocycles. The van der Waals surface area contributed by atoms with Gasteiger partial charge < -0.3 is 29.8 Å². The van der Waals surface area contributed by atoms with E-state index in [1.807, 2.05) is 12.1 Å². The van der Waals surface area contributed by atoms with Crippen molar-refractivity contribution in [1.82, 2.24) is 4.98 Å². The van der Waals surface area contributed by atoms with Crippen LogP contribution in [0, 0.1) is 17.2 Å². The Kier molecular flexibility index (Phi) is 7.67. The number of methoxy groups -OCH3 is 1. The van der Waals surface area contributed by atoms with Crippen molar-refractivity contribution >= 4 is 46.1 Å². The van der Waals surface area contributed by atoms with Crippen LogP contribution in [0.25, 0.3) is 10.9 Å². The number of anilines is 3. The number of nitrogens with zero attached hydrogens (tertiary/aromatic N) is 2.